The van der Waals surface area contributed by atoms with Crippen LogP contribution in [0.25, 0.3) is 0 Å². The second-order valence-electron chi connectivity index (χ2n) is 6.15. The first-order valence-electron chi connectivity index (χ1n) is 7.68. The first kappa shape index (κ1) is 17.2. The van der Waals surface area contributed by atoms with E-state index in [1.807, 2.05) is 12.1 Å². The molecule has 1 rings (SSSR count). The maximum atomic E-state index is 10.0. The van der Waals surface area contributed by atoms with Gasteiger partial charge in [0.1, 0.15) is 5.76 Å². The highest BCUT2D eigenvalue weighted by atomic mass is 16.3. The molecule has 116 valence electrons. The Morgan fingerprint density at radius 1 is 1.30 bits per heavy atom. The third kappa shape index (κ3) is 7.08. The van der Waals surface area contributed by atoms with E-state index in [-0.39, 0.29) is 6.04 Å². The zero-order valence-electron chi connectivity index (χ0n) is 13.0. The Labute approximate surface area is 122 Å². The van der Waals surface area contributed by atoms with E-state index in [4.69, 9.17) is 10.2 Å². The second-order valence-corrected chi connectivity index (χ2v) is 6.15. The molecule has 0 aliphatic rings. The van der Waals surface area contributed by atoms with Crippen LogP contribution in [0.4, 0.5) is 0 Å². The molecule has 0 aliphatic carbocycles. The second kappa shape index (κ2) is 9.16. The molecule has 0 saturated carbocycles. The van der Waals surface area contributed by atoms with Gasteiger partial charge in [0, 0.05) is 25.0 Å². The van der Waals surface area contributed by atoms with Crippen molar-refractivity contribution in [1.82, 2.24) is 5.32 Å². The van der Waals surface area contributed by atoms with Gasteiger partial charge in [-0.25, -0.2) is 0 Å². The van der Waals surface area contributed by atoms with Crippen molar-refractivity contribution in [3.8, 4) is 0 Å². The first-order valence-corrected chi connectivity index (χ1v) is 7.68. The van der Waals surface area contributed by atoms with Crippen molar-refractivity contribution in [2.75, 3.05) is 6.54 Å². The molecule has 1 heterocycles. The van der Waals surface area contributed by atoms with Gasteiger partial charge in [-0.15, -0.1) is 0 Å². The van der Waals surface area contributed by atoms with Gasteiger partial charge >= 0.3 is 0 Å². The number of furan rings is 1. The number of hydrogen-bond donors (Lipinski definition) is 3. The minimum Gasteiger partial charge on any atom is -0.469 e. The van der Waals surface area contributed by atoms with Crippen molar-refractivity contribution in [1.29, 1.82) is 0 Å². The molecule has 0 saturated heterocycles. The number of nitrogens with one attached hydrogen (secondary N) is 1. The lowest BCUT2D eigenvalue weighted by Crippen LogP contribution is -2.45. The smallest absolute Gasteiger partial charge is 0.105 e. The molecule has 1 aromatic rings. The van der Waals surface area contributed by atoms with Crippen LogP contribution in [-0.4, -0.2) is 29.8 Å². The van der Waals surface area contributed by atoms with Gasteiger partial charge in [-0.3, -0.25) is 0 Å². The largest absolute Gasteiger partial charge is 0.469 e. The van der Waals surface area contributed by atoms with E-state index in [1.165, 1.54) is 12.8 Å². The Kier molecular flexibility index (Phi) is 7.88. The number of aliphatic hydroxyl groups excluding tert-OH is 1. The summed E-state index contributed by atoms with van der Waals surface area (Å²) in [6.07, 6.45) is 5.26. The number of rotatable bonds is 10. The Hall–Kier alpha value is -0.840. The van der Waals surface area contributed by atoms with Crippen LogP contribution < -0.4 is 11.1 Å². The Morgan fingerprint density at radius 3 is 2.65 bits per heavy atom. The normalized spacial score (nSPS) is 16.3. The molecule has 0 fully saturated rings. The van der Waals surface area contributed by atoms with E-state index in [2.05, 4.69) is 26.1 Å². The maximum Gasteiger partial charge on any atom is 0.105 e. The molecule has 4 N–H and O–H groups in total. The number of aliphatic hydroxyl groups is 1. The molecular weight excluding hydrogens is 252 g/mol. The van der Waals surface area contributed by atoms with Gasteiger partial charge < -0.3 is 20.6 Å². The Bertz CT molecular complexity index is 338. The molecule has 20 heavy (non-hydrogen) atoms. The van der Waals surface area contributed by atoms with Crippen molar-refractivity contribution < 1.29 is 9.52 Å². The predicted octanol–water partition coefficient (Wildman–Crippen LogP) is 2.31. The van der Waals surface area contributed by atoms with Crippen molar-refractivity contribution >= 4 is 0 Å². The summed E-state index contributed by atoms with van der Waals surface area (Å²) in [5, 5.41) is 13.4. The fraction of sp³-hybridized carbons (Fsp3) is 0.750. The van der Waals surface area contributed by atoms with Crippen LogP contribution >= 0.6 is 0 Å². The van der Waals surface area contributed by atoms with Crippen LogP contribution in [0.1, 0.15) is 45.8 Å². The lowest BCUT2D eigenvalue weighted by molar-refractivity contribution is 0.135. The minimum atomic E-state index is -0.548. The Balaban J connectivity index is 2.16. The summed E-state index contributed by atoms with van der Waals surface area (Å²) >= 11 is 0. The SMILES string of the molecule is CC(C)CCCC(C)NC[C@@H](O)[C@@H](N)Cc1ccco1. The zero-order valence-corrected chi connectivity index (χ0v) is 13.0. The van der Waals surface area contributed by atoms with E-state index in [0.717, 1.165) is 18.1 Å². The highest BCUT2D eigenvalue weighted by molar-refractivity contribution is 5.01. The van der Waals surface area contributed by atoms with Gasteiger partial charge in [-0.1, -0.05) is 26.7 Å². The van der Waals surface area contributed by atoms with Crippen LogP contribution in [0, 0.1) is 5.92 Å². The van der Waals surface area contributed by atoms with E-state index in [1.54, 1.807) is 6.26 Å². The van der Waals surface area contributed by atoms with Gasteiger partial charge in [0.05, 0.1) is 12.4 Å². The van der Waals surface area contributed by atoms with Crippen LogP contribution in [0.15, 0.2) is 22.8 Å². The van der Waals surface area contributed by atoms with Crippen molar-refractivity contribution in [2.45, 2.75) is 64.6 Å². The molecular formula is C16H30N2O2. The standard InChI is InChI=1S/C16H30N2O2/c1-12(2)6-4-7-13(3)18-11-16(19)15(17)10-14-8-5-9-20-14/h5,8-9,12-13,15-16,18-19H,4,6-7,10-11,17H2,1-3H3/t13?,15-,16+/m0/s1. The minimum absolute atomic E-state index is 0.295. The highest BCUT2D eigenvalue weighted by Gasteiger charge is 2.17. The number of nitrogens with two attached hydrogens (primary N) is 1. The average Bonchev–Trinajstić information content (AvgIpc) is 2.88. The first-order chi connectivity index (χ1) is 9.49. The van der Waals surface area contributed by atoms with Gasteiger partial charge in [0.25, 0.3) is 0 Å². The topological polar surface area (TPSA) is 71.4 Å². The van der Waals surface area contributed by atoms with Gasteiger partial charge in [-0.2, -0.15) is 0 Å². The fourth-order valence-corrected chi connectivity index (χ4v) is 2.20. The molecule has 0 amide bonds. The lowest BCUT2D eigenvalue weighted by atomic mass is 10.0. The quantitative estimate of drug-likeness (QED) is 0.616. The average molecular weight is 282 g/mol. The summed E-state index contributed by atoms with van der Waals surface area (Å²) in [7, 11) is 0. The summed E-state index contributed by atoms with van der Waals surface area (Å²) in [5.41, 5.74) is 5.98. The molecule has 1 unspecified atom stereocenters. The van der Waals surface area contributed by atoms with Crippen molar-refractivity contribution in [2.24, 2.45) is 11.7 Å². The van der Waals surface area contributed by atoms with E-state index in [9.17, 15) is 5.11 Å². The molecule has 1 aromatic heterocycles. The molecule has 0 bridgehead atoms. The molecule has 0 radical (unpaired) electrons. The summed E-state index contributed by atoms with van der Waals surface area (Å²) in [5.74, 6) is 1.58. The maximum absolute atomic E-state index is 10.0. The van der Waals surface area contributed by atoms with Crippen LogP contribution in [0.5, 0.6) is 0 Å². The summed E-state index contributed by atoms with van der Waals surface area (Å²) in [6.45, 7) is 7.18. The van der Waals surface area contributed by atoms with E-state index < -0.39 is 6.10 Å². The monoisotopic (exact) mass is 282 g/mol. The van der Waals surface area contributed by atoms with Gasteiger partial charge in [0.15, 0.2) is 0 Å². The molecule has 0 aliphatic heterocycles. The van der Waals surface area contributed by atoms with Crippen molar-refractivity contribution in [3.63, 3.8) is 0 Å². The predicted molar refractivity (Wildman–Crippen MR) is 82.5 cm³/mol. The summed E-state index contributed by atoms with van der Waals surface area (Å²) < 4.78 is 5.24. The van der Waals surface area contributed by atoms with Gasteiger partial charge in [-0.05, 0) is 31.4 Å². The molecule has 0 spiro atoms. The molecule has 4 nitrogen and oxygen atoms in total. The summed E-state index contributed by atoms with van der Waals surface area (Å²) in [4.78, 5) is 0. The lowest BCUT2D eigenvalue weighted by Gasteiger charge is -2.21. The highest BCUT2D eigenvalue weighted by Crippen LogP contribution is 2.09. The Morgan fingerprint density at radius 2 is 2.05 bits per heavy atom. The third-order valence-corrected chi connectivity index (χ3v) is 3.61. The van der Waals surface area contributed by atoms with E-state index in [0.29, 0.717) is 19.0 Å². The fourth-order valence-electron chi connectivity index (χ4n) is 2.20. The van der Waals surface area contributed by atoms with E-state index >= 15 is 0 Å². The molecule has 3 atom stereocenters. The third-order valence-electron chi connectivity index (χ3n) is 3.61. The van der Waals surface area contributed by atoms with Crippen molar-refractivity contribution in [3.05, 3.63) is 24.2 Å². The summed E-state index contributed by atoms with van der Waals surface area (Å²) in [6, 6.07) is 3.84. The van der Waals surface area contributed by atoms with Gasteiger partial charge in [0.2, 0.25) is 0 Å². The molecule has 0 aromatic carbocycles. The van der Waals surface area contributed by atoms with Crippen LogP contribution in [0.3, 0.4) is 0 Å². The molecule has 4 heteroatoms. The van der Waals surface area contributed by atoms with Crippen LogP contribution in [-0.2, 0) is 6.42 Å². The van der Waals surface area contributed by atoms with Crippen LogP contribution in [0.2, 0.25) is 0 Å². The number of hydrogen-bond acceptors (Lipinski definition) is 4. The zero-order chi connectivity index (χ0) is 15.0.